The van der Waals surface area contributed by atoms with E-state index in [0.29, 0.717) is 51.5 Å². The second kappa shape index (κ2) is 9.75. The molecule has 32 heavy (non-hydrogen) atoms. The number of carbonyl (C=O) groups excluding carboxylic acids is 2. The minimum Gasteiger partial charge on any atom is -0.497 e. The first-order valence-corrected chi connectivity index (χ1v) is 11.2. The third kappa shape index (κ3) is 4.66. The molecule has 1 aromatic carbocycles. The summed E-state index contributed by atoms with van der Waals surface area (Å²) in [7, 11) is 1.65. The first kappa shape index (κ1) is 22.4. The van der Waals surface area contributed by atoms with Crippen molar-refractivity contribution in [3.8, 4) is 11.4 Å². The van der Waals surface area contributed by atoms with Crippen LogP contribution in [0, 0.1) is 13.8 Å². The highest BCUT2D eigenvalue weighted by atomic mass is 16.5. The Balaban J connectivity index is 1.40. The zero-order chi connectivity index (χ0) is 22.7. The normalized spacial score (nSPS) is 17.5. The minimum absolute atomic E-state index is 0.0209. The quantitative estimate of drug-likeness (QED) is 0.708. The van der Waals surface area contributed by atoms with E-state index in [1.54, 1.807) is 7.11 Å². The van der Waals surface area contributed by atoms with Crippen LogP contribution in [-0.4, -0.2) is 97.2 Å². The van der Waals surface area contributed by atoms with Crippen LogP contribution in [0.1, 0.15) is 21.7 Å². The van der Waals surface area contributed by atoms with Crippen molar-refractivity contribution in [3.05, 3.63) is 47.3 Å². The number of carbonyl (C=O) groups is 2. The van der Waals surface area contributed by atoms with Crippen LogP contribution in [0.3, 0.4) is 0 Å². The van der Waals surface area contributed by atoms with Crippen LogP contribution < -0.4 is 4.74 Å². The van der Waals surface area contributed by atoms with Crippen LogP contribution in [0.5, 0.6) is 5.75 Å². The fourth-order valence-corrected chi connectivity index (χ4v) is 4.51. The van der Waals surface area contributed by atoms with E-state index in [1.165, 1.54) is 0 Å². The number of hydrogen-bond donors (Lipinski definition) is 0. The van der Waals surface area contributed by atoms with Crippen LogP contribution in [0.25, 0.3) is 5.69 Å². The molecule has 4 rings (SSSR count). The molecule has 0 unspecified atom stereocenters. The van der Waals surface area contributed by atoms with Gasteiger partial charge in [-0.25, -0.2) is 0 Å². The Kier molecular flexibility index (Phi) is 6.81. The van der Waals surface area contributed by atoms with Crippen LogP contribution in [0.15, 0.2) is 30.3 Å². The van der Waals surface area contributed by atoms with Gasteiger partial charge in [-0.2, -0.15) is 0 Å². The molecule has 8 heteroatoms. The zero-order valence-corrected chi connectivity index (χ0v) is 19.2. The molecule has 0 aliphatic carbocycles. The monoisotopic (exact) mass is 440 g/mol. The summed E-state index contributed by atoms with van der Waals surface area (Å²) in [6.45, 7) is 9.63. The number of amides is 2. The van der Waals surface area contributed by atoms with Crippen molar-refractivity contribution in [2.75, 3.05) is 66.1 Å². The van der Waals surface area contributed by atoms with Gasteiger partial charge in [0.2, 0.25) is 5.91 Å². The maximum Gasteiger partial charge on any atom is 0.255 e. The van der Waals surface area contributed by atoms with E-state index in [-0.39, 0.29) is 11.8 Å². The van der Waals surface area contributed by atoms with Gasteiger partial charge in [0.25, 0.3) is 5.91 Å². The second-order valence-corrected chi connectivity index (χ2v) is 8.38. The number of ether oxygens (including phenoxy) is 2. The number of hydrogen-bond acceptors (Lipinski definition) is 5. The van der Waals surface area contributed by atoms with Crippen molar-refractivity contribution in [2.45, 2.75) is 13.8 Å². The van der Waals surface area contributed by atoms with E-state index in [9.17, 15) is 9.59 Å². The Hall–Kier alpha value is -2.84. The standard InChI is InChI=1S/C24H32N4O4/c1-18-15-22(19(2)28(18)20-5-4-6-21(16-20)31-3)24(30)27-9-7-26(8-10-27)23(29)17-25-11-13-32-14-12-25/h4-6,15-16H,7-14,17H2,1-3H3. The molecular formula is C24H32N4O4. The van der Waals surface area contributed by atoms with E-state index in [1.807, 2.05) is 54.0 Å². The summed E-state index contributed by atoms with van der Waals surface area (Å²) in [6.07, 6.45) is 0. The fourth-order valence-electron chi connectivity index (χ4n) is 4.51. The first-order valence-electron chi connectivity index (χ1n) is 11.2. The Morgan fingerprint density at radius 1 is 0.969 bits per heavy atom. The van der Waals surface area contributed by atoms with Gasteiger partial charge >= 0.3 is 0 Å². The van der Waals surface area contributed by atoms with Crippen LogP contribution in [-0.2, 0) is 9.53 Å². The highest BCUT2D eigenvalue weighted by molar-refractivity contribution is 5.96. The Morgan fingerprint density at radius 3 is 2.34 bits per heavy atom. The van der Waals surface area contributed by atoms with Gasteiger partial charge in [-0.3, -0.25) is 14.5 Å². The third-order valence-electron chi connectivity index (χ3n) is 6.36. The highest BCUT2D eigenvalue weighted by Crippen LogP contribution is 2.25. The zero-order valence-electron chi connectivity index (χ0n) is 19.2. The Labute approximate surface area is 189 Å². The smallest absolute Gasteiger partial charge is 0.255 e. The summed E-state index contributed by atoms with van der Waals surface area (Å²) in [5, 5.41) is 0. The first-order chi connectivity index (χ1) is 15.5. The number of morpholine rings is 1. The fraction of sp³-hybridized carbons (Fsp3) is 0.500. The van der Waals surface area contributed by atoms with E-state index in [4.69, 9.17) is 9.47 Å². The molecule has 1 aromatic heterocycles. The lowest BCUT2D eigenvalue weighted by Crippen LogP contribution is -2.53. The van der Waals surface area contributed by atoms with Gasteiger partial charge in [0, 0.05) is 62.4 Å². The van der Waals surface area contributed by atoms with Gasteiger partial charge in [-0.05, 0) is 32.0 Å². The van der Waals surface area contributed by atoms with Crippen LogP contribution >= 0.6 is 0 Å². The largest absolute Gasteiger partial charge is 0.497 e. The van der Waals surface area contributed by atoms with E-state index >= 15 is 0 Å². The maximum absolute atomic E-state index is 13.3. The molecule has 2 aliphatic rings. The lowest BCUT2D eigenvalue weighted by atomic mass is 10.2. The third-order valence-corrected chi connectivity index (χ3v) is 6.36. The summed E-state index contributed by atoms with van der Waals surface area (Å²) in [5.41, 5.74) is 3.58. The number of aromatic nitrogens is 1. The van der Waals surface area contributed by atoms with E-state index < -0.39 is 0 Å². The molecule has 2 amide bonds. The van der Waals surface area contributed by atoms with Gasteiger partial charge < -0.3 is 23.8 Å². The number of rotatable bonds is 5. The molecule has 172 valence electrons. The van der Waals surface area contributed by atoms with E-state index in [0.717, 1.165) is 35.9 Å². The molecule has 2 aliphatic heterocycles. The molecule has 0 N–H and O–H groups in total. The van der Waals surface area contributed by atoms with Crippen LogP contribution in [0.2, 0.25) is 0 Å². The number of methoxy groups -OCH3 is 1. The van der Waals surface area contributed by atoms with Crippen molar-refractivity contribution >= 4 is 11.8 Å². The molecule has 8 nitrogen and oxygen atoms in total. The predicted octanol–water partition coefficient (Wildman–Crippen LogP) is 1.72. The predicted molar refractivity (Wildman–Crippen MR) is 122 cm³/mol. The van der Waals surface area contributed by atoms with Crippen molar-refractivity contribution < 1.29 is 19.1 Å². The number of nitrogens with zero attached hydrogens (tertiary/aromatic N) is 4. The molecule has 2 saturated heterocycles. The summed E-state index contributed by atoms with van der Waals surface area (Å²) >= 11 is 0. The maximum atomic E-state index is 13.3. The minimum atomic E-state index is 0.0209. The molecular weight excluding hydrogens is 408 g/mol. The molecule has 2 aromatic rings. The summed E-state index contributed by atoms with van der Waals surface area (Å²) in [4.78, 5) is 31.8. The molecule has 0 radical (unpaired) electrons. The average molecular weight is 441 g/mol. The van der Waals surface area contributed by atoms with Gasteiger partial charge in [-0.1, -0.05) is 6.07 Å². The number of aryl methyl sites for hydroxylation is 1. The molecule has 3 heterocycles. The summed E-state index contributed by atoms with van der Waals surface area (Å²) < 4.78 is 12.8. The highest BCUT2D eigenvalue weighted by Gasteiger charge is 2.28. The van der Waals surface area contributed by atoms with Crippen molar-refractivity contribution in [3.63, 3.8) is 0 Å². The average Bonchev–Trinajstić information content (AvgIpc) is 3.13. The van der Waals surface area contributed by atoms with Gasteiger partial charge in [0.1, 0.15) is 5.75 Å². The topological polar surface area (TPSA) is 67.2 Å². The van der Waals surface area contributed by atoms with Gasteiger partial charge in [0.15, 0.2) is 0 Å². The SMILES string of the molecule is COc1cccc(-n2c(C)cc(C(=O)N3CCN(C(=O)CN4CCOCC4)CC3)c2C)c1. The molecule has 0 atom stereocenters. The lowest BCUT2D eigenvalue weighted by molar-refractivity contribution is -0.134. The molecule has 2 fully saturated rings. The summed E-state index contributed by atoms with van der Waals surface area (Å²) in [6, 6.07) is 9.78. The van der Waals surface area contributed by atoms with E-state index in [2.05, 4.69) is 9.47 Å². The number of benzene rings is 1. The van der Waals surface area contributed by atoms with Gasteiger partial charge in [-0.15, -0.1) is 0 Å². The Bertz CT molecular complexity index is 972. The van der Waals surface area contributed by atoms with Crippen molar-refractivity contribution in [1.29, 1.82) is 0 Å². The van der Waals surface area contributed by atoms with Crippen molar-refractivity contribution in [1.82, 2.24) is 19.3 Å². The second-order valence-electron chi connectivity index (χ2n) is 8.38. The molecule has 0 saturated carbocycles. The molecule has 0 spiro atoms. The van der Waals surface area contributed by atoms with Crippen LogP contribution in [0.4, 0.5) is 0 Å². The van der Waals surface area contributed by atoms with Gasteiger partial charge in [0.05, 0.1) is 32.4 Å². The summed E-state index contributed by atoms with van der Waals surface area (Å²) in [5.74, 6) is 0.934. The Morgan fingerprint density at radius 2 is 1.66 bits per heavy atom. The number of piperazine rings is 1. The van der Waals surface area contributed by atoms with Crippen molar-refractivity contribution in [2.24, 2.45) is 0 Å². The lowest BCUT2D eigenvalue weighted by Gasteiger charge is -2.36. The molecule has 0 bridgehead atoms.